The summed E-state index contributed by atoms with van der Waals surface area (Å²) in [5.41, 5.74) is 7.84. The molecule has 14 heavy (non-hydrogen) atoms. The van der Waals surface area contributed by atoms with Crippen LogP contribution in [-0.2, 0) is 0 Å². The van der Waals surface area contributed by atoms with Gasteiger partial charge in [0.2, 0.25) is 0 Å². The quantitative estimate of drug-likeness (QED) is 0.678. The predicted octanol–water partition coefficient (Wildman–Crippen LogP) is 2.01. The van der Waals surface area contributed by atoms with E-state index in [1.54, 1.807) is 4.90 Å². The first-order chi connectivity index (χ1) is 6.74. The summed E-state index contributed by atoms with van der Waals surface area (Å²) in [6, 6.07) is -0.302. The number of allylic oxidation sites excluding steroid dienone is 3. The summed E-state index contributed by atoms with van der Waals surface area (Å²) in [7, 11) is 0. The van der Waals surface area contributed by atoms with Crippen LogP contribution in [0.5, 0.6) is 0 Å². The number of primary amides is 1. The summed E-state index contributed by atoms with van der Waals surface area (Å²) in [4.78, 5) is 13.0. The zero-order chi connectivity index (χ0) is 10.1. The van der Waals surface area contributed by atoms with Gasteiger partial charge in [0, 0.05) is 18.2 Å². The number of amides is 2. The summed E-state index contributed by atoms with van der Waals surface area (Å²) < 4.78 is 0. The molecule has 0 radical (unpaired) electrons. The van der Waals surface area contributed by atoms with E-state index in [9.17, 15) is 4.79 Å². The van der Waals surface area contributed by atoms with Crippen LogP contribution in [0.4, 0.5) is 4.79 Å². The normalized spacial score (nSPS) is 25.5. The number of rotatable bonds is 1. The van der Waals surface area contributed by atoms with Gasteiger partial charge in [-0.15, -0.1) is 0 Å². The highest BCUT2D eigenvalue weighted by atomic mass is 16.2. The van der Waals surface area contributed by atoms with Crippen LogP contribution in [0.15, 0.2) is 23.4 Å². The lowest BCUT2D eigenvalue weighted by molar-refractivity contribution is 0.220. The minimum atomic E-state index is -0.302. The third-order valence-corrected chi connectivity index (χ3v) is 3.11. The summed E-state index contributed by atoms with van der Waals surface area (Å²) in [6.45, 7) is 2.93. The number of nitrogens with two attached hydrogens (primary N) is 1. The van der Waals surface area contributed by atoms with Crippen LogP contribution in [0.2, 0.25) is 0 Å². The van der Waals surface area contributed by atoms with Crippen molar-refractivity contribution in [3.63, 3.8) is 0 Å². The maximum absolute atomic E-state index is 11.2. The topological polar surface area (TPSA) is 46.3 Å². The molecule has 1 unspecified atom stereocenters. The lowest BCUT2D eigenvalue weighted by Gasteiger charge is -2.18. The molecule has 1 atom stereocenters. The summed E-state index contributed by atoms with van der Waals surface area (Å²) in [5, 5.41) is 0. The molecule has 0 aromatic rings. The molecule has 3 nitrogen and oxygen atoms in total. The maximum atomic E-state index is 11.2. The van der Waals surface area contributed by atoms with Gasteiger partial charge in [0.1, 0.15) is 0 Å². The Morgan fingerprint density at radius 1 is 1.71 bits per heavy atom. The second kappa shape index (κ2) is 3.48. The molecule has 0 aromatic carbocycles. The van der Waals surface area contributed by atoms with Crippen molar-refractivity contribution < 1.29 is 4.79 Å². The zero-order valence-corrected chi connectivity index (χ0v) is 8.49. The van der Waals surface area contributed by atoms with E-state index in [0.29, 0.717) is 5.92 Å². The van der Waals surface area contributed by atoms with E-state index in [1.165, 1.54) is 5.57 Å². The van der Waals surface area contributed by atoms with Crippen molar-refractivity contribution in [3.05, 3.63) is 23.4 Å². The first kappa shape index (κ1) is 9.31. The Morgan fingerprint density at radius 2 is 2.50 bits per heavy atom. The molecule has 2 amide bonds. The van der Waals surface area contributed by atoms with Crippen LogP contribution >= 0.6 is 0 Å². The van der Waals surface area contributed by atoms with Crippen molar-refractivity contribution in [1.82, 2.24) is 4.90 Å². The van der Waals surface area contributed by atoms with Gasteiger partial charge in [-0.05, 0) is 24.8 Å². The molecule has 1 aliphatic carbocycles. The van der Waals surface area contributed by atoms with Crippen molar-refractivity contribution in [2.24, 2.45) is 11.7 Å². The highest BCUT2D eigenvalue weighted by Crippen LogP contribution is 2.36. The number of hydrogen-bond acceptors (Lipinski definition) is 1. The smallest absolute Gasteiger partial charge is 0.319 e. The minimum absolute atomic E-state index is 0.302. The molecular formula is C11H16N2O. The minimum Gasteiger partial charge on any atom is -0.351 e. The molecule has 2 N–H and O–H groups in total. The van der Waals surface area contributed by atoms with Crippen molar-refractivity contribution in [2.75, 3.05) is 6.54 Å². The fourth-order valence-electron chi connectivity index (χ4n) is 2.33. The Morgan fingerprint density at radius 3 is 3.14 bits per heavy atom. The number of hydrogen-bond donors (Lipinski definition) is 1. The van der Waals surface area contributed by atoms with Gasteiger partial charge in [0.15, 0.2) is 0 Å². The van der Waals surface area contributed by atoms with E-state index in [-0.39, 0.29) is 6.03 Å². The molecule has 3 heteroatoms. The fourth-order valence-corrected chi connectivity index (χ4v) is 2.33. The van der Waals surface area contributed by atoms with Gasteiger partial charge in [-0.3, -0.25) is 4.90 Å². The van der Waals surface area contributed by atoms with Crippen LogP contribution in [0.25, 0.3) is 0 Å². The third kappa shape index (κ3) is 1.33. The first-order valence-corrected chi connectivity index (χ1v) is 5.20. The van der Waals surface area contributed by atoms with E-state index >= 15 is 0 Å². The molecule has 0 saturated heterocycles. The molecule has 2 rings (SSSR count). The van der Waals surface area contributed by atoms with Gasteiger partial charge in [-0.1, -0.05) is 19.1 Å². The highest BCUT2D eigenvalue weighted by molar-refractivity contribution is 5.75. The molecule has 0 aromatic heterocycles. The Hall–Kier alpha value is -1.25. The van der Waals surface area contributed by atoms with E-state index in [0.717, 1.165) is 31.5 Å². The summed E-state index contributed by atoms with van der Waals surface area (Å²) >= 11 is 0. The van der Waals surface area contributed by atoms with Crippen molar-refractivity contribution in [3.8, 4) is 0 Å². The number of nitrogens with zero attached hydrogens (tertiary/aromatic N) is 1. The number of carbonyl (C=O) groups excluding carboxylic acids is 1. The molecule has 0 saturated carbocycles. The van der Waals surface area contributed by atoms with E-state index < -0.39 is 0 Å². The van der Waals surface area contributed by atoms with Gasteiger partial charge in [-0.2, -0.15) is 0 Å². The average molecular weight is 192 g/mol. The van der Waals surface area contributed by atoms with Crippen molar-refractivity contribution in [1.29, 1.82) is 0 Å². The third-order valence-electron chi connectivity index (χ3n) is 3.11. The Kier molecular flexibility index (Phi) is 2.32. The Balaban J connectivity index is 2.31. The van der Waals surface area contributed by atoms with Gasteiger partial charge in [-0.25, -0.2) is 4.79 Å². The van der Waals surface area contributed by atoms with Gasteiger partial charge < -0.3 is 5.73 Å². The standard InChI is InChI=1S/C11H16N2O/c1-2-8-7-13(11(12)14)10-6-4-3-5-9(8)10/h3,5,8H,2,4,6-7H2,1H3,(H2,12,14). The van der Waals surface area contributed by atoms with Crippen molar-refractivity contribution in [2.45, 2.75) is 26.2 Å². The molecule has 0 spiro atoms. The van der Waals surface area contributed by atoms with Crippen LogP contribution in [-0.4, -0.2) is 17.5 Å². The molecule has 1 heterocycles. The second-order valence-corrected chi connectivity index (χ2v) is 3.90. The van der Waals surface area contributed by atoms with Crippen LogP contribution in [0.1, 0.15) is 26.2 Å². The SMILES string of the molecule is CCC1CN(C(N)=O)C2=C1C=CCC2. The molecule has 0 fully saturated rings. The monoisotopic (exact) mass is 192 g/mol. The first-order valence-electron chi connectivity index (χ1n) is 5.20. The molecule has 76 valence electrons. The number of urea groups is 1. The molecule has 2 aliphatic rings. The van der Waals surface area contributed by atoms with Gasteiger partial charge >= 0.3 is 6.03 Å². The average Bonchev–Trinajstić information content (AvgIpc) is 2.56. The summed E-state index contributed by atoms with van der Waals surface area (Å²) in [5.74, 6) is 0.494. The fraction of sp³-hybridized carbons (Fsp3) is 0.545. The van der Waals surface area contributed by atoms with Crippen molar-refractivity contribution >= 4 is 6.03 Å². The molecular weight excluding hydrogens is 176 g/mol. The van der Waals surface area contributed by atoms with E-state index in [1.807, 2.05) is 0 Å². The molecule has 0 bridgehead atoms. The highest BCUT2D eigenvalue weighted by Gasteiger charge is 2.32. The Labute approximate surface area is 84.3 Å². The predicted molar refractivity (Wildman–Crippen MR) is 55.5 cm³/mol. The Bertz CT molecular complexity index is 317. The van der Waals surface area contributed by atoms with E-state index in [2.05, 4.69) is 19.1 Å². The van der Waals surface area contributed by atoms with Crippen LogP contribution < -0.4 is 5.73 Å². The number of carbonyl (C=O) groups is 1. The van der Waals surface area contributed by atoms with Gasteiger partial charge in [0.25, 0.3) is 0 Å². The summed E-state index contributed by atoms with van der Waals surface area (Å²) in [6.07, 6.45) is 7.42. The van der Waals surface area contributed by atoms with Gasteiger partial charge in [0.05, 0.1) is 0 Å². The van der Waals surface area contributed by atoms with Crippen LogP contribution in [0, 0.1) is 5.92 Å². The lowest BCUT2D eigenvalue weighted by atomic mass is 9.94. The second-order valence-electron chi connectivity index (χ2n) is 3.90. The zero-order valence-electron chi connectivity index (χ0n) is 8.49. The molecule has 1 aliphatic heterocycles. The van der Waals surface area contributed by atoms with Crippen LogP contribution in [0.3, 0.4) is 0 Å². The lowest BCUT2D eigenvalue weighted by Crippen LogP contribution is -2.34. The maximum Gasteiger partial charge on any atom is 0.319 e. The largest absolute Gasteiger partial charge is 0.351 e. The van der Waals surface area contributed by atoms with E-state index in [4.69, 9.17) is 5.73 Å².